The third-order valence-electron chi connectivity index (χ3n) is 3.86. The van der Waals surface area contributed by atoms with E-state index < -0.39 is 5.97 Å². The Morgan fingerprint density at radius 2 is 2.20 bits per heavy atom. The number of rotatable bonds is 2. The van der Waals surface area contributed by atoms with Crippen molar-refractivity contribution in [2.24, 2.45) is 0 Å². The number of carbonyl (C=O) groups is 2. The molecule has 0 bridgehead atoms. The molecule has 0 aliphatic carbocycles. The van der Waals surface area contributed by atoms with Gasteiger partial charge in [-0.25, -0.2) is 4.79 Å². The Balaban J connectivity index is 1.74. The Morgan fingerprint density at radius 1 is 1.50 bits per heavy atom. The van der Waals surface area contributed by atoms with E-state index in [1.807, 2.05) is 20.0 Å². The summed E-state index contributed by atoms with van der Waals surface area (Å²) in [6.07, 6.45) is 2.34. The molecule has 2 fully saturated rings. The van der Waals surface area contributed by atoms with Crippen LogP contribution in [0, 0.1) is 0 Å². The molecule has 110 valence electrons. The number of thioether (sulfide) groups is 1. The molecule has 3 aliphatic rings. The molecule has 0 radical (unpaired) electrons. The lowest BCUT2D eigenvalue weighted by Crippen LogP contribution is -2.57. The summed E-state index contributed by atoms with van der Waals surface area (Å²) < 4.78 is 5.50. The van der Waals surface area contributed by atoms with E-state index in [0.29, 0.717) is 38.4 Å². The third kappa shape index (κ3) is 2.45. The van der Waals surface area contributed by atoms with Gasteiger partial charge < -0.3 is 4.74 Å². The molecule has 3 heterocycles. The zero-order valence-corrected chi connectivity index (χ0v) is 12.5. The van der Waals surface area contributed by atoms with Gasteiger partial charge in [0.05, 0.1) is 25.0 Å². The number of fused-ring (bicyclic) bond motifs is 1. The highest BCUT2D eigenvalue weighted by Gasteiger charge is 2.46. The van der Waals surface area contributed by atoms with Gasteiger partial charge in [-0.3, -0.25) is 14.5 Å². The number of nitrogens with zero attached hydrogens (tertiary/aromatic N) is 2. The van der Waals surface area contributed by atoms with Crippen molar-refractivity contribution in [3.8, 4) is 0 Å². The maximum Gasteiger partial charge on any atom is 0.413 e. The number of ether oxygens (including phenoxy) is 1. The third-order valence-corrected chi connectivity index (χ3v) is 5.12. The van der Waals surface area contributed by atoms with Crippen LogP contribution in [0.25, 0.3) is 0 Å². The van der Waals surface area contributed by atoms with Crippen molar-refractivity contribution in [2.75, 3.05) is 33.4 Å². The first kappa shape index (κ1) is 13.9. The topological polar surface area (TPSA) is 55.8 Å². The highest BCUT2D eigenvalue weighted by Crippen LogP contribution is 2.40. The van der Waals surface area contributed by atoms with E-state index >= 15 is 0 Å². The normalized spacial score (nSPS) is 32.0. The van der Waals surface area contributed by atoms with Crippen molar-refractivity contribution in [1.82, 2.24) is 4.90 Å². The smallest absolute Gasteiger partial charge is 0.369 e. The number of hydroxylamine groups is 3. The Bertz CT molecular complexity index is 473. The van der Waals surface area contributed by atoms with Crippen molar-refractivity contribution in [1.29, 1.82) is 0 Å². The van der Waals surface area contributed by atoms with Gasteiger partial charge in [-0.2, -0.15) is 0 Å². The maximum absolute atomic E-state index is 12.4. The summed E-state index contributed by atoms with van der Waals surface area (Å²) in [6, 6.07) is 0. The second kappa shape index (κ2) is 5.05. The minimum Gasteiger partial charge on any atom is -0.369 e. The molecule has 0 saturated carbocycles. The standard InChI is InChI=1S/C13H19N2O4S/c1-9-7-10(14-11(16)8-12(14)20-9)13(17)19-15(2)3-5-18-6-4-15/h7,9,12H,3-6,8H2,1-2H3/q+1/t9?,12-/m1/s1. The van der Waals surface area contributed by atoms with Crippen LogP contribution in [-0.2, 0) is 19.2 Å². The number of likely N-dealkylation sites (N-methyl/N-ethyl adjacent to an activating group) is 1. The van der Waals surface area contributed by atoms with Crippen molar-refractivity contribution in [3.05, 3.63) is 11.8 Å². The van der Waals surface area contributed by atoms with Gasteiger partial charge in [0, 0.05) is 5.25 Å². The predicted molar refractivity (Wildman–Crippen MR) is 73.2 cm³/mol. The molecule has 0 spiro atoms. The lowest BCUT2D eigenvalue weighted by Gasteiger charge is -2.44. The van der Waals surface area contributed by atoms with E-state index in [1.54, 1.807) is 16.7 Å². The van der Waals surface area contributed by atoms with E-state index in [4.69, 9.17) is 9.57 Å². The predicted octanol–water partition coefficient (Wildman–Crippen LogP) is 0.499. The molecule has 0 N–H and O–H groups in total. The molecule has 20 heavy (non-hydrogen) atoms. The first-order valence-electron chi connectivity index (χ1n) is 6.84. The van der Waals surface area contributed by atoms with Crippen molar-refractivity contribution in [2.45, 2.75) is 24.0 Å². The van der Waals surface area contributed by atoms with E-state index in [-0.39, 0.29) is 21.2 Å². The van der Waals surface area contributed by atoms with Crippen molar-refractivity contribution in [3.63, 3.8) is 0 Å². The molecule has 0 aromatic rings. The van der Waals surface area contributed by atoms with Gasteiger partial charge in [0.25, 0.3) is 0 Å². The average Bonchev–Trinajstić information content (AvgIpc) is 2.37. The molecule has 1 unspecified atom stereocenters. The number of morpholine rings is 1. The highest BCUT2D eigenvalue weighted by atomic mass is 32.2. The molecule has 6 nitrogen and oxygen atoms in total. The van der Waals surface area contributed by atoms with E-state index in [9.17, 15) is 9.59 Å². The molecule has 2 saturated heterocycles. The minimum absolute atomic E-state index is 0.00207. The lowest BCUT2D eigenvalue weighted by atomic mass is 10.1. The largest absolute Gasteiger partial charge is 0.413 e. The maximum atomic E-state index is 12.4. The SMILES string of the molecule is CC1C=C(C(=O)O[N+]2(C)CCOCC2)N2C(=O)C[C@H]2S1. The van der Waals surface area contributed by atoms with Gasteiger partial charge >= 0.3 is 5.97 Å². The highest BCUT2D eigenvalue weighted by molar-refractivity contribution is 8.00. The van der Waals surface area contributed by atoms with Gasteiger partial charge in [0.1, 0.15) is 25.8 Å². The first-order chi connectivity index (χ1) is 9.48. The van der Waals surface area contributed by atoms with E-state index in [1.165, 1.54) is 0 Å². The zero-order chi connectivity index (χ0) is 14.3. The van der Waals surface area contributed by atoms with E-state index in [2.05, 4.69) is 0 Å². The molecule has 7 heteroatoms. The molecule has 2 atom stereocenters. The fraction of sp³-hybridized carbons (Fsp3) is 0.692. The Hall–Kier alpha value is -1.05. The fourth-order valence-corrected chi connectivity index (χ4v) is 3.90. The first-order valence-corrected chi connectivity index (χ1v) is 7.78. The second-order valence-electron chi connectivity index (χ2n) is 5.55. The van der Waals surface area contributed by atoms with Crippen LogP contribution in [-0.4, -0.2) is 65.4 Å². The summed E-state index contributed by atoms with van der Waals surface area (Å²) in [6.45, 7) is 4.48. The molecule has 3 rings (SSSR count). The van der Waals surface area contributed by atoms with Crippen LogP contribution >= 0.6 is 11.8 Å². The Labute approximate surface area is 122 Å². The van der Waals surface area contributed by atoms with Gasteiger partial charge in [0.15, 0.2) is 0 Å². The summed E-state index contributed by atoms with van der Waals surface area (Å²) in [5.41, 5.74) is 0.406. The van der Waals surface area contributed by atoms with Crippen molar-refractivity contribution >= 4 is 23.6 Å². The Kier molecular flexibility index (Phi) is 3.51. The van der Waals surface area contributed by atoms with Gasteiger partial charge in [-0.05, 0) is 13.0 Å². The fourth-order valence-electron chi connectivity index (χ4n) is 2.61. The molecule has 3 aliphatic heterocycles. The van der Waals surface area contributed by atoms with Crippen LogP contribution in [0.5, 0.6) is 0 Å². The summed E-state index contributed by atoms with van der Waals surface area (Å²) in [5, 5.41) is 0.321. The number of hydrogen-bond acceptors (Lipinski definition) is 5. The van der Waals surface area contributed by atoms with Crippen LogP contribution in [0.3, 0.4) is 0 Å². The molecular weight excluding hydrogens is 280 g/mol. The number of quaternary nitrogens is 1. The molecule has 0 aromatic heterocycles. The number of carbonyl (C=O) groups excluding carboxylic acids is 2. The van der Waals surface area contributed by atoms with Crippen LogP contribution in [0.2, 0.25) is 0 Å². The van der Waals surface area contributed by atoms with Gasteiger partial charge in [-0.15, -0.1) is 16.4 Å². The molecular formula is C13H19N2O4S+. The summed E-state index contributed by atoms with van der Waals surface area (Å²) in [7, 11) is 1.87. The minimum atomic E-state index is -0.403. The summed E-state index contributed by atoms with van der Waals surface area (Å²) in [4.78, 5) is 31.3. The van der Waals surface area contributed by atoms with Crippen LogP contribution in [0.4, 0.5) is 0 Å². The van der Waals surface area contributed by atoms with Crippen LogP contribution in [0.1, 0.15) is 13.3 Å². The average molecular weight is 299 g/mol. The molecule has 1 amide bonds. The molecule has 0 aromatic carbocycles. The zero-order valence-electron chi connectivity index (χ0n) is 11.7. The quantitative estimate of drug-likeness (QED) is 0.549. The second-order valence-corrected chi connectivity index (χ2v) is 7.11. The van der Waals surface area contributed by atoms with Crippen molar-refractivity contribution < 1.29 is 23.8 Å². The lowest BCUT2D eigenvalue weighted by molar-refractivity contribution is -1.08. The number of hydrogen-bond donors (Lipinski definition) is 0. The van der Waals surface area contributed by atoms with E-state index in [0.717, 1.165) is 0 Å². The summed E-state index contributed by atoms with van der Waals surface area (Å²) >= 11 is 1.70. The van der Waals surface area contributed by atoms with Gasteiger partial charge in [0.2, 0.25) is 5.91 Å². The summed E-state index contributed by atoms with van der Waals surface area (Å²) in [5.74, 6) is -0.401. The number of amides is 1. The van der Waals surface area contributed by atoms with Gasteiger partial charge in [-0.1, -0.05) is 0 Å². The number of β-lactam (4-membered cyclic amide) rings is 1. The Morgan fingerprint density at radius 3 is 2.85 bits per heavy atom. The monoisotopic (exact) mass is 299 g/mol. The van der Waals surface area contributed by atoms with Crippen LogP contribution in [0.15, 0.2) is 11.8 Å². The van der Waals surface area contributed by atoms with Crippen LogP contribution < -0.4 is 0 Å².